The van der Waals surface area contributed by atoms with E-state index in [9.17, 15) is 24.0 Å². The monoisotopic (exact) mass is 818 g/mol. The molecule has 9 rings (SSSR count). The molecule has 4 N–H and O–H groups in total. The van der Waals surface area contributed by atoms with Gasteiger partial charge in [0.1, 0.15) is 11.9 Å². The number of nitrogens with two attached hydrogens (primary N) is 1. The minimum absolute atomic E-state index is 0.0124. The number of benzene rings is 1. The van der Waals surface area contributed by atoms with Crippen molar-refractivity contribution in [3.8, 4) is 0 Å². The van der Waals surface area contributed by atoms with Crippen LogP contribution < -0.4 is 31.1 Å². The number of imide groups is 1. The molecule has 0 radical (unpaired) electrons. The summed E-state index contributed by atoms with van der Waals surface area (Å²) in [5, 5.41) is 5.84. The molecule has 2 aromatic heterocycles. The molecule has 0 bridgehead atoms. The SMILES string of the molecule is C=C1CC[C@@H](N2C(=O)c3ccc(N4CC[C@H](CN5CCN(c6ncc(Nc7nc(N8CCC[C@@H](N9CCN(C)C9=O)C8)cnc7C(N)=O)cn6)CC5)C4)cc3C2=O)C(=O)N1. The number of anilines is 5. The van der Waals surface area contributed by atoms with Crippen molar-refractivity contribution in [1.82, 2.24) is 44.9 Å². The van der Waals surface area contributed by atoms with E-state index in [0.29, 0.717) is 72.7 Å². The van der Waals surface area contributed by atoms with Crippen LogP contribution in [0.25, 0.3) is 0 Å². The lowest BCUT2D eigenvalue weighted by atomic mass is 10.0. The second kappa shape index (κ2) is 16.0. The van der Waals surface area contributed by atoms with Crippen molar-refractivity contribution >= 4 is 58.6 Å². The Bertz CT molecular complexity index is 2230. The molecule has 1 aromatic carbocycles. The Morgan fingerprint density at radius 1 is 0.867 bits per heavy atom. The second-order valence-electron chi connectivity index (χ2n) is 16.6. The minimum Gasteiger partial charge on any atom is -0.371 e. The first-order chi connectivity index (χ1) is 29.0. The van der Waals surface area contributed by atoms with Gasteiger partial charge < -0.3 is 40.9 Å². The highest BCUT2D eigenvalue weighted by Crippen LogP contribution is 2.34. The highest BCUT2D eigenvalue weighted by molar-refractivity contribution is 6.23. The number of rotatable bonds is 10. The second-order valence-corrected chi connectivity index (χ2v) is 16.6. The number of hydrogen-bond acceptors (Lipinski definition) is 14. The first-order valence-corrected chi connectivity index (χ1v) is 20.8. The highest BCUT2D eigenvalue weighted by Gasteiger charge is 2.44. The number of carbonyl (C=O) groups excluding carboxylic acids is 5. The Hall–Kier alpha value is -6.37. The molecule has 19 heteroatoms. The summed E-state index contributed by atoms with van der Waals surface area (Å²) in [6.45, 7) is 12.5. The Balaban J connectivity index is 0.771. The van der Waals surface area contributed by atoms with Crippen molar-refractivity contribution in [1.29, 1.82) is 0 Å². The zero-order valence-electron chi connectivity index (χ0n) is 33.8. The molecule has 6 amide bonds. The third kappa shape index (κ3) is 7.52. The molecule has 314 valence electrons. The molecule has 6 aliphatic heterocycles. The van der Waals surface area contributed by atoms with Gasteiger partial charge in [-0.1, -0.05) is 6.58 Å². The minimum atomic E-state index is -0.828. The summed E-state index contributed by atoms with van der Waals surface area (Å²) < 4.78 is 0. The Labute approximate surface area is 347 Å². The topological polar surface area (TPSA) is 210 Å². The van der Waals surface area contributed by atoms with Crippen LogP contribution in [0.15, 0.2) is 49.1 Å². The smallest absolute Gasteiger partial charge is 0.320 e. The number of amides is 6. The van der Waals surface area contributed by atoms with Crippen LogP contribution in [-0.4, -0.2) is 160 Å². The molecule has 8 heterocycles. The predicted octanol–water partition coefficient (Wildman–Crippen LogP) is 1.48. The summed E-state index contributed by atoms with van der Waals surface area (Å²) >= 11 is 0. The van der Waals surface area contributed by atoms with E-state index in [0.717, 1.165) is 82.2 Å². The van der Waals surface area contributed by atoms with Crippen LogP contribution in [0, 0.1) is 5.92 Å². The third-order valence-electron chi connectivity index (χ3n) is 12.7. The van der Waals surface area contributed by atoms with Gasteiger partial charge in [-0.2, -0.15) is 0 Å². The molecule has 0 aliphatic carbocycles. The number of piperidine rings is 2. The van der Waals surface area contributed by atoms with E-state index in [1.54, 1.807) is 29.6 Å². The Kier molecular flexibility index (Phi) is 10.4. The largest absolute Gasteiger partial charge is 0.371 e. The molecule has 0 saturated carbocycles. The lowest BCUT2D eigenvalue weighted by molar-refractivity contribution is -0.125. The van der Waals surface area contributed by atoms with Crippen LogP contribution >= 0.6 is 0 Å². The van der Waals surface area contributed by atoms with Crippen LogP contribution in [0.3, 0.4) is 0 Å². The van der Waals surface area contributed by atoms with Gasteiger partial charge in [0.15, 0.2) is 11.5 Å². The van der Waals surface area contributed by atoms with Gasteiger partial charge in [-0.3, -0.25) is 29.0 Å². The molecule has 5 saturated heterocycles. The van der Waals surface area contributed by atoms with Gasteiger partial charge in [-0.05, 0) is 56.2 Å². The van der Waals surface area contributed by atoms with E-state index < -0.39 is 23.8 Å². The molecule has 0 spiro atoms. The molecular formula is C41H50N14O5. The van der Waals surface area contributed by atoms with Crippen LogP contribution in [-0.2, 0) is 4.79 Å². The summed E-state index contributed by atoms with van der Waals surface area (Å²) in [4.78, 5) is 96.4. The lowest BCUT2D eigenvalue weighted by Gasteiger charge is -2.37. The molecule has 5 fully saturated rings. The van der Waals surface area contributed by atoms with Gasteiger partial charge in [0, 0.05) is 90.4 Å². The van der Waals surface area contributed by atoms with Gasteiger partial charge in [0.2, 0.25) is 11.9 Å². The number of fused-ring (bicyclic) bond motifs is 1. The van der Waals surface area contributed by atoms with Crippen LogP contribution in [0.1, 0.15) is 63.3 Å². The number of piperazine rings is 1. The van der Waals surface area contributed by atoms with Gasteiger partial charge in [0.25, 0.3) is 17.7 Å². The first-order valence-electron chi connectivity index (χ1n) is 20.8. The number of allylic oxidation sites excluding steroid dienone is 1. The van der Waals surface area contributed by atoms with E-state index >= 15 is 0 Å². The molecule has 60 heavy (non-hydrogen) atoms. The fraction of sp³-hybridized carbons (Fsp3) is 0.488. The quantitative estimate of drug-likeness (QED) is 0.248. The summed E-state index contributed by atoms with van der Waals surface area (Å²) in [7, 11) is 1.82. The molecule has 6 aliphatic rings. The Morgan fingerprint density at radius 2 is 1.65 bits per heavy atom. The van der Waals surface area contributed by atoms with Crippen molar-refractivity contribution in [2.75, 3.05) is 99.1 Å². The van der Waals surface area contributed by atoms with E-state index in [2.05, 4.69) is 51.8 Å². The fourth-order valence-corrected chi connectivity index (χ4v) is 9.36. The number of nitrogens with zero attached hydrogens (tertiary/aromatic N) is 11. The number of hydrogen-bond donors (Lipinski definition) is 3. The van der Waals surface area contributed by atoms with Gasteiger partial charge in [-0.15, -0.1) is 0 Å². The van der Waals surface area contributed by atoms with Crippen LogP contribution in [0.2, 0.25) is 0 Å². The van der Waals surface area contributed by atoms with E-state index in [1.165, 1.54) is 0 Å². The van der Waals surface area contributed by atoms with E-state index in [4.69, 9.17) is 10.7 Å². The number of carbonyl (C=O) groups is 5. The Morgan fingerprint density at radius 3 is 2.38 bits per heavy atom. The maximum Gasteiger partial charge on any atom is 0.320 e. The van der Waals surface area contributed by atoms with Crippen molar-refractivity contribution in [3.63, 3.8) is 0 Å². The van der Waals surface area contributed by atoms with Crippen LogP contribution in [0.4, 0.5) is 33.8 Å². The van der Waals surface area contributed by atoms with Crippen LogP contribution in [0.5, 0.6) is 0 Å². The van der Waals surface area contributed by atoms with Gasteiger partial charge >= 0.3 is 6.03 Å². The third-order valence-corrected chi connectivity index (χ3v) is 12.7. The molecule has 3 atom stereocenters. The van der Waals surface area contributed by atoms with Crippen molar-refractivity contribution in [2.45, 2.75) is 44.2 Å². The standard InChI is InChI=1S/C41H50N14O5/c1-25-5-8-32(37(57)46-25)55-38(58)30-7-6-28(18-31(30)39(55)59)52-11-9-26(23-52)22-50-13-15-51(16-14-50)40-44-19-27(20-45-40)47-36-34(35(42)56)43-21-33(48-36)53-10-3-4-29(24-53)54-17-12-49(2)41(54)60/h6-7,18-21,26,29,32H,1,3-5,8-17,22-24H2,2H3,(H2,42,56)(H,46,57)(H,47,48)/t26-,29-,32-/m1/s1. The molecule has 3 aromatic rings. The van der Waals surface area contributed by atoms with Crippen molar-refractivity contribution in [2.24, 2.45) is 11.7 Å². The average molecular weight is 819 g/mol. The van der Waals surface area contributed by atoms with Gasteiger partial charge in [0.05, 0.1) is 41.4 Å². The first kappa shape index (κ1) is 39.1. The summed E-state index contributed by atoms with van der Waals surface area (Å²) in [6.07, 6.45) is 8.61. The summed E-state index contributed by atoms with van der Waals surface area (Å²) in [5.74, 6) is -0.0432. The summed E-state index contributed by atoms with van der Waals surface area (Å²) in [6, 6.07) is 4.72. The van der Waals surface area contributed by atoms with Crippen molar-refractivity contribution < 1.29 is 24.0 Å². The van der Waals surface area contributed by atoms with E-state index in [-0.39, 0.29) is 29.5 Å². The van der Waals surface area contributed by atoms with E-state index in [1.807, 2.05) is 24.1 Å². The molecular weight excluding hydrogens is 769 g/mol. The predicted molar refractivity (Wildman–Crippen MR) is 222 cm³/mol. The zero-order chi connectivity index (χ0) is 41.7. The average Bonchev–Trinajstić information content (AvgIpc) is 3.93. The molecule has 19 nitrogen and oxygen atoms in total. The summed E-state index contributed by atoms with van der Waals surface area (Å²) in [5.41, 5.74) is 8.44. The number of aromatic nitrogens is 4. The number of likely N-dealkylation sites (N-methyl/N-ethyl adjacent to an activating group) is 1. The maximum absolute atomic E-state index is 13.4. The highest BCUT2D eigenvalue weighted by atomic mass is 16.2. The number of primary amides is 1. The number of urea groups is 1. The number of nitrogens with one attached hydrogen (secondary N) is 2. The molecule has 0 unspecified atom stereocenters. The van der Waals surface area contributed by atoms with Crippen molar-refractivity contribution in [3.05, 3.63) is 65.9 Å². The van der Waals surface area contributed by atoms with Gasteiger partial charge in [-0.25, -0.2) is 24.7 Å². The fourth-order valence-electron chi connectivity index (χ4n) is 9.36. The lowest BCUT2D eigenvalue weighted by Crippen LogP contribution is -2.51. The maximum atomic E-state index is 13.4. The zero-order valence-corrected chi connectivity index (χ0v) is 33.8. The normalized spacial score (nSPS) is 23.8.